The number of aryl methyl sites for hydroxylation is 2. The summed E-state index contributed by atoms with van der Waals surface area (Å²) in [5.74, 6) is 0.505. The highest BCUT2D eigenvalue weighted by molar-refractivity contribution is 5.44. The van der Waals surface area contributed by atoms with Gasteiger partial charge >= 0.3 is 0 Å². The summed E-state index contributed by atoms with van der Waals surface area (Å²) in [5.41, 5.74) is 3.89. The van der Waals surface area contributed by atoms with Crippen LogP contribution in [0.1, 0.15) is 56.7 Å². The Labute approximate surface area is 176 Å². The first-order chi connectivity index (χ1) is 13.9. The lowest BCUT2D eigenvalue weighted by molar-refractivity contribution is -0.106. The number of benzene rings is 2. The minimum atomic E-state index is -0.589. The van der Waals surface area contributed by atoms with E-state index in [1.165, 1.54) is 31.7 Å². The van der Waals surface area contributed by atoms with Crippen molar-refractivity contribution in [2.75, 3.05) is 6.61 Å². The molecule has 0 radical (unpaired) electrons. The van der Waals surface area contributed by atoms with Crippen LogP contribution in [-0.2, 0) is 28.8 Å². The van der Waals surface area contributed by atoms with E-state index in [1.54, 1.807) is 11.1 Å². The molecular formula is C26H36O3. The standard InChI is InChI=1S/C15H22O2.C9H10.C2H4O/c1-15(2,16)10-13(9-14-11-17-14)8-12-6-4-3-5-7-12;1-2-5-9-7-3-6-8(9)4-1;1-2-3/h3-7,13-14,16H,8-11H2,1-2H3;1-2,4-5H,3,6-7H2;2H,1H3. The zero-order valence-electron chi connectivity index (χ0n) is 18.1. The van der Waals surface area contributed by atoms with E-state index in [-0.39, 0.29) is 0 Å². The van der Waals surface area contributed by atoms with Crippen molar-refractivity contribution in [2.24, 2.45) is 5.92 Å². The van der Waals surface area contributed by atoms with E-state index in [9.17, 15) is 5.11 Å². The van der Waals surface area contributed by atoms with E-state index in [0.29, 0.717) is 12.0 Å². The molecule has 29 heavy (non-hydrogen) atoms. The number of epoxide rings is 1. The van der Waals surface area contributed by atoms with E-state index in [0.717, 1.165) is 32.2 Å². The predicted molar refractivity (Wildman–Crippen MR) is 119 cm³/mol. The zero-order valence-corrected chi connectivity index (χ0v) is 18.1. The Kier molecular flexibility index (Phi) is 9.56. The molecule has 3 nitrogen and oxygen atoms in total. The van der Waals surface area contributed by atoms with E-state index in [1.807, 2.05) is 19.9 Å². The molecule has 0 bridgehead atoms. The zero-order chi connectivity index (χ0) is 21.1. The summed E-state index contributed by atoms with van der Waals surface area (Å²) in [6.45, 7) is 6.12. The number of hydrogen-bond donors (Lipinski definition) is 1. The molecule has 1 N–H and O–H groups in total. The number of aliphatic hydroxyl groups is 1. The molecule has 4 rings (SSSR count). The number of ether oxygens (including phenoxy) is 1. The third-order valence-corrected chi connectivity index (χ3v) is 5.16. The number of fused-ring (bicyclic) bond motifs is 1. The molecule has 2 aromatic rings. The molecule has 0 spiro atoms. The summed E-state index contributed by atoms with van der Waals surface area (Å²) in [6.07, 6.45) is 8.09. The summed E-state index contributed by atoms with van der Waals surface area (Å²) >= 11 is 0. The van der Waals surface area contributed by atoms with Gasteiger partial charge in [0.05, 0.1) is 18.3 Å². The quantitative estimate of drug-likeness (QED) is 0.541. The summed E-state index contributed by atoms with van der Waals surface area (Å²) < 4.78 is 5.31. The predicted octanol–water partition coefficient (Wildman–Crippen LogP) is 5.18. The molecule has 0 saturated carbocycles. The first kappa shape index (κ1) is 23.3. The average molecular weight is 397 g/mol. The third-order valence-electron chi connectivity index (χ3n) is 5.16. The van der Waals surface area contributed by atoms with Crippen molar-refractivity contribution in [1.29, 1.82) is 0 Å². The van der Waals surface area contributed by atoms with Crippen LogP contribution in [0.5, 0.6) is 0 Å². The summed E-state index contributed by atoms with van der Waals surface area (Å²) in [7, 11) is 0. The van der Waals surface area contributed by atoms with Crippen LogP contribution >= 0.6 is 0 Å². The van der Waals surface area contributed by atoms with Crippen LogP contribution in [0.25, 0.3) is 0 Å². The van der Waals surface area contributed by atoms with Gasteiger partial charge in [-0.05, 0) is 81.9 Å². The Morgan fingerprint density at radius 3 is 2.07 bits per heavy atom. The fourth-order valence-corrected chi connectivity index (χ4v) is 3.98. The molecule has 2 aromatic carbocycles. The van der Waals surface area contributed by atoms with Crippen molar-refractivity contribution in [2.45, 2.75) is 71.0 Å². The van der Waals surface area contributed by atoms with Gasteiger partial charge in [-0.1, -0.05) is 54.6 Å². The Bertz CT molecular complexity index is 691. The van der Waals surface area contributed by atoms with Gasteiger partial charge in [-0.25, -0.2) is 0 Å². The molecule has 2 aliphatic rings. The van der Waals surface area contributed by atoms with Crippen LogP contribution in [0.3, 0.4) is 0 Å². The third kappa shape index (κ3) is 9.87. The highest BCUT2D eigenvalue weighted by Gasteiger charge is 2.29. The van der Waals surface area contributed by atoms with E-state index in [4.69, 9.17) is 9.53 Å². The largest absolute Gasteiger partial charge is 0.390 e. The van der Waals surface area contributed by atoms with Crippen LogP contribution in [0.15, 0.2) is 54.6 Å². The Balaban J connectivity index is 0.000000208. The van der Waals surface area contributed by atoms with E-state index in [2.05, 4.69) is 48.5 Å². The van der Waals surface area contributed by atoms with Crippen LogP contribution in [0, 0.1) is 5.92 Å². The maximum atomic E-state index is 9.96. The highest BCUT2D eigenvalue weighted by atomic mass is 16.6. The molecular weight excluding hydrogens is 360 g/mol. The normalized spacial score (nSPS) is 17.7. The molecule has 1 aliphatic heterocycles. The molecule has 2 unspecified atom stereocenters. The number of hydrogen-bond acceptors (Lipinski definition) is 3. The Hall–Kier alpha value is -1.97. The molecule has 0 amide bonds. The van der Waals surface area contributed by atoms with Crippen molar-refractivity contribution < 1.29 is 14.6 Å². The second kappa shape index (κ2) is 11.9. The number of carbonyl (C=O) groups excluding carboxylic acids is 1. The molecule has 3 heteroatoms. The lowest BCUT2D eigenvalue weighted by Crippen LogP contribution is -2.25. The second-order valence-corrected chi connectivity index (χ2v) is 8.62. The molecule has 1 aliphatic carbocycles. The minimum absolute atomic E-state index is 0.436. The fourth-order valence-electron chi connectivity index (χ4n) is 3.98. The molecule has 158 valence electrons. The fraction of sp³-hybridized carbons (Fsp3) is 0.500. The van der Waals surface area contributed by atoms with Gasteiger partial charge in [-0.3, -0.25) is 0 Å². The summed E-state index contributed by atoms with van der Waals surface area (Å²) in [4.78, 5) is 8.81. The Morgan fingerprint density at radius 2 is 1.59 bits per heavy atom. The van der Waals surface area contributed by atoms with Crippen LogP contribution < -0.4 is 0 Å². The van der Waals surface area contributed by atoms with Crippen molar-refractivity contribution in [3.63, 3.8) is 0 Å². The topological polar surface area (TPSA) is 49.8 Å². The lowest BCUT2D eigenvalue weighted by atomic mass is 9.85. The van der Waals surface area contributed by atoms with Gasteiger partial charge in [-0.2, -0.15) is 0 Å². The molecule has 1 saturated heterocycles. The molecule has 1 fully saturated rings. The minimum Gasteiger partial charge on any atom is -0.390 e. The number of rotatable bonds is 6. The second-order valence-electron chi connectivity index (χ2n) is 8.62. The van der Waals surface area contributed by atoms with Crippen LogP contribution in [0.2, 0.25) is 0 Å². The van der Waals surface area contributed by atoms with Crippen molar-refractivity contribution in [1.82, 2.24) is 0 Å². The van der Waals surface area contributed by atoms with Gasteiger partial charge in [0.2, 0.25) is 0 Å². The van der Waals surface area contributed by atoms with Gasteiger partial charge < -0.3 is 14.6 Å². The first-order valence-corrected chi connectivity index (χ1v) is 10.8. The van der Waals surface area contributed by atoms with Gasteiger partial charge in [0.1, 0.15) is 6.29 Å². The molecule has 2 atom stereocenters. The molecule has 1 heterocycles. The van der Waals surface area contributed by atoms with Gasteiger partial charge in [0.15, 0.2) is 0 Å². The Morgan fingerprint density at radius 1 is 1.07 bits per heavy atom. The first-order valence-electron chi connectivity index (χ1n) is 10.8. The van der Waals surface area contributed by atoms with Crippen molar-refractivity contribution >= 4 is 6.29 Å². The SMILES string of the molecule is CC(C)(O)CC(Cc1ccccc1)CC1CO1.CC=O.c1ccc2c(c1)CCC2. The number of aldehydes is 1. The van der Waals surface area contributed by atoms with E-state index < -0.39 is 5.60 Å². The lowest BCUT2D eigenvalue weighted by Gasteiger charge is -2.24. The maximum absolute atomic E-state index is 9.96. The summed E-state index contributed by atoms with van der Waals surface area (Å²) in [5, 5.41) is 9.96. The van der Waals surface area contributed by atoms with Gasteiger partial charge in [0.25, 0.3) is 0 Å². The van der Waals surface area contributed by atoms with Gasteiger partial charge in [0, 0.05) is 0 Å². The maximum Gasteiger partial charge on any atom is 0.116 e. The van der Waals surface area contributed by atoms with E-state index >= 15 is 0 Å². The van der Waals surface area contributed by atoms with Crippen molar-refractivity contribution in [3.05, 3.63) is 71.3 Å². The number of carbonyl (C=O) groups is 1. The monoisotopic (exact) mass is 396 g/mol. The average Bonchev–Trinajstić information content (AvgIpc) is 3.35. The van der Waals surface area contributed by atoms with Crippen LogP contribution in [-0.4, -0.2) is 29.7 Å². The van der Waals surface area contributed by atoms with Crippen LogP contribution in [0.4, 0.5) is 0 Å². The highest BCUT2D eigenvalue weighted by Crippen LogP contribution is 2.28. The van der Waals surface area contributed by atoms with Gasteiger partial charge in [-0.15, -0.1) is 0 Å². The summed E-state index contributed by atoms with van der Waals surface area (Å²) in [6, 6.07) is 19.2. The van der Waals surface area contributed by atoms with Crippen molar-refractivity contribution in [3.8, 4) is 0 Å². The smallest absolute Gasteiger partial charge is 0.116 e. The molecule has 0 aromatic heterocycles.